The second-order valence-corrected chi connectivity index (χ2v) is 6.92. The number of hydrogen-bond acceptors (Lipinski definition) is 3. The predicted molar refractivity (Wildman–Crippen MR) is 86.8 cm³/mol. The molecule has 2 saturated carbocycles. The average molecular weight is 313 g/mol. The maximum Gasteiger partial charge on any atom is 0.255 e. The Morgan fingerprint density at radius 2 is 2.00 bits per heavy atom. The van der Waals surface area contributed by atoms with E-state index in [0.29, 0.717) is 34.9 Å². The fraction of sp³-hybridized carbons (Fsp3) is 0.556. The van der Waals surface area contributed by atoms with Crippen LogP contribution in [0.2, 0.25) is 0 Å². The highest BCUT2D eigenvalue weighted by molar-refractivity contribution is 5.99. The summed E-state index contributed by atoms with van der Waals surface area (Å²) in [5, 5.41) is 7.72. The normalized spacial score (nSPS) is 18.7. The van der Waals surface area contributed by atoms with Crippen LogP contribution in [0, 0.1) is 11.8 Å². The molecule has 1 N–H and O–H groups in total. The lowest BCUT2D eigenvalue weighted by Crippen LogP contribution is -2.49. The lowest BCUT2D eigenvalue weighted by Gasteiger charge is -2.42. The van der Waals surface area contributed by atoms with Crippen LogP contribution in [0.1, 0.15) is 48.9 Å². The van der Waals surface area contributed by atoms with E-state index >= 15 is 0 Å². The number of hydrogen-bond donors (Lipinski definition) is 1. The molecule has 0 aliphatic heterocycles. The number of furan rings is 1. The van der Waals surface area contributed by atoms with Gasteiger partial charge in [-0.05, 0) is 49.7 Å². The summed E-state index contributed by atoms with van der Waals surface area (Å²) in [6.07, 6.45) is 11.0. The molecule has 2 aromatic rings. The molecule has 23 heavy (non-hydrogen) atoms. The van der Waals surface area contributed by atoms with Gasteiger partial charge in [-0.2, -0.15) is 5.10 Å². The van der Waals surface area contributed by atoms with Gasteiger partial charge in [-0.3, -0.25) is 9.48 Å². The van der Waals surface area contributed by atoms with E-state index in [1.807, 2.05) is 19.2 Å². The highest BCUT2D eigenvalue weighted by atomic mass is 16.3. The van der Waals surface area contributed by atoms with Gasteiger partial charge in [-0.1, -0.05) is 12.8 Å². The number of aryl methyl sites for hydroxylation is 1. The van der Waals surface area contributed by atoms with Gasteiger partial charge in [0.05, 0.1) is 11.8 Å². The van der Waals surface area contributed by atoms with Crippen molar-refractivity contribution >= 4 is 5.91 Å². The molecule has 0 atom stereocenters. The molecular weight excluding hydrogens is 290 g/mol. The molecule has 0 spiro atoms. The van der Waals surface area contributed by atoms with Crippen LogP contribution < -0.4 is 5.32 Å². The number of nitrogens with one attached hydrogen (secondary N) is 1. The van der Waals surface area contributed by atoms with E-state index in [0.717, 1.165) is 0 Å². The lowest BCUT2D eigenvalue weighted by molar-refractivity contribution is 0.0789. The Morgan fingerprint density at radius 3 is 2.52 bits per heavy atom. The van der Waals surface area contributed by atoms with Gasteiger partial charge < -0.3 is 9.73 Å². The SMILES string of the molecule is Cn1cc(C(=O)NC(C2CCC2)C2CCC2)c(-c2ccco2)n1. The molecule has 5 heteroatoms. The van der Waals surface area contributed by atoms with Crippen LogP contribution >= 0.6 is 0 Å². The number of amides is 1. The van der Waals surface area contributed by atoms with Crippen molar-refractivity contribution in [2.24, 2.45) is 18.9 Å². The first-order chi connectivity index (χ1) is 11.2. The van der Waals surface area contributed by atoms with E-state index in [9.17, 15) is 4.79 Å². The highest BCUT2D eigenvalue weighted by Gasteiger charge is 2.37. The number of aromatic nitrogens is 2. The predicted octanol–water partition coefficient (Wildman–Crippen LogP) is 3.38. The highest BCUT2D eigenvalue weighted by Crippen LogP contribution is 2.40. The number of carbonyl (C=O) groups excluding carboxylic acids is 1. The summed E-state index contributed by atoms with van der Waals surface area (Å²) < 4.78 is 7.11. The molecule has 0 unspecified atom stereocenters. The summed E-state index contributed by atoms with van der Waals surface area (Å²) in [7, 11) is 1.83. The van der Waals surface area contributed by atoms with Gasteiger partial charge in [-0.15, -0.1) is 0 Å². The molecular formula is C18H23N3O2. The van der Waals surface area contributed by atoms with E-state index in [1.165, 1.54) is 38.5 Å². The molecule has 4 rings (SSSR count). The molecule has 2 aliphatic rings. The summed E-state index contributed by atoms with van der Waals surface area (Å²) in [6.45, 7) is 0. The van der Waals surface area contributed by atoms with Gasteiger partial charge in [0.1, 0.15) is 5.69 Å². The molecule has 0 radical (unpaired) electrons. The Hall–Kier alpha value is -2.04. The van der Waals surface area contributed by atoms with Crippen molar-refractivity contribution in [2.75, 3.05) is 0 Å². The lowest BCUT2D eigenvalue weighted by atomic mass is 9.68. The standard InChI is InChI=1S/C18H23N3O2/c1-21-11-14(17(20-21)15-9-4-10-23-15)18(22)19-16(12-5-2-6-12)13-7-3-8-13/h4,9-13,16H,2-3,5-8H2,1H3,(H,19,22). The minimum atomic E-state index is -0.0201. The zero-order valence-corrected chi connectivity index (χ0v) is 13.5. The first kappa shape index (κ1) is 14.5. The maximum atomic E-state index is 12.9. The minimum Gasteiger partial charge on any atom is -0.463 e. The quantitative estimate of drug-likeness (QED) is 0.920. The van der Waals surface area contributed by atoms with Crippen LogP contribution in [0.15, 0.2) is 29.0 Å². The van der Waals surface area contributed by atoms with Crippen molar-refractivity contribution in [3.63, 3.8) is 0 Å². The molecule has 122 valence electrons. The molecule has 1 amide bonds. The molecule has 2 heterocycles. The van der Waals surface area contributed by atoms with Crippen molar-refractivity contribution in [3.05, 3.63) is 30.2 Å². The Kier molecular flexibility index (Phi) is 3.71. The Bertz CT molecular complexity index is 667. The van der Waals surface area contributed by atoms with Gasteiger partial charge in [0.25, 0.3) is 5.91 Å². The third-order valence-electron chi connectivity index (χ3n) is 5.44. The topological polar surface area (TPSA) is 60.1 Å². The number of carbonyl (C=O) groups is 1. The third kappa shape index (κ3) is 2.69. The van der Waals surface area contributed by atoms with Crippen molar-refractivity contribution in [2.45, 2.75) is 44.6 Å². The van der Waals surface area contributed by atoms with Gasteiger partial charge >= 0.3 is 0 Å². The zero-order valence-electron chi connectivity index (χ0n) is 13.5. The van der Waals surface area contributed by atoms with Crippen LogP contribution in [-0.2, 0) is 7.05 Å². The van der Waals surface area contributed by atoms with Gasteiger partial charge in [0, 0.05) is 19.3 Å². The largest absolute Gasteiger partial charge is 0.463 e. The van der Waals surface area contributed by atoms with Crippen molar-refractivity contribution in [1.29, 1.82) is 0 Å². The van der Waals surface area contributed by atoms with Crippen LogP contribution in [0.4, 0.5) is 0 Å². The van der Waals surface area contributed by atoms with Crippen molar-refractivity contribution < 1.29 is 9.21 Å². The Morgan fingerprint density at radius 1 is 1.30 bits per heavy atom. The van der Waals surface area contributed by atoms with Crippen LogP contribution in [0.3, 0.4) is 0 Å². The van der Waals surface area contributed by atoms with Crippen LogP contribution in [0.25, 0.3) is 11.5 Å². The summed E-state index contributed by atoms with van der Waals surface area (Å²) in [5.74, 6) is 1.94. The third-order valence-corrected chi connectivity index (χ3v) is 5.44. The molecule has 2 fully saturated rings. The summed E-state index contributed by atoms with van der Waals surface area (Å²) >= 11 is 0. The monoisotopic (exact) mass is 313 g/mol. The van der Waals surface area contributed by atoms with Crippen molar-refractivity contribution in [3.8, 4) is 11.5 Å². The molecule has 0 aromatic carbocycles. The summed E-state index contributed by atoms with van der Waals surface area (Å²) in [4.78, 5) is 12.9. The molecule has 2 aromatic heterocycles. The van der Waals surface area contributed by atoms with Crippen molar-refractivity contribution in [1.82, 2.24) is 15.1 Å². The first-order valence-electron chi connectivity index (χ1n) is 8.61. The second kappa shape index (κ2) is 5.87. The smallest absolute Gasteiger partial charge is 0.255 e. The first-order valence-corrected chi connectivity index (χ1v) is 8.61. The number of nitrogens with zero attached hydrogens (tertiary/aromatic N) is 2. The Balaban J connectivity index is 1.56. The zero-order chi connectivity index (χ0) is 15.8. The molecule has 2 aliphatic carbocycles. The fourth-order valence-corrected chi connectivity index (χ4v) is 3.70. The van der Waals surface area contributed by atoms with E-state index in [1.54, 1.807) is 17.1 Å². The minimum absolute atomic E-state index is 0.0201. The van der Waals surface area contributed by atoms with Gasteiger partial charge in [0.15, 0.2) is 5.76 Å². The summed E-state index contributed by atoms with van der Waals surface area (Å²) in [5.41, 5.74) is 1.22. The van der Waals surface area contributed by atoms with E-state index in [-0.39, 0.29) is 5.91 Å². The summed E-state index contributed by atoms with van der Waals surface area (Å²) in [6, 6.07) is 3.99. The van der Waals surface area contributed by atoms with Gasteiger partial charge in [0.2, 0.25) is 0 Å². The maximum absolute atomic E-state index is 12.9. The molecule has 0 saturated heterocycles. The molecule has 0 bridgehead atoms. The van der Waals surface area contributed by atoms with Gasteiger partial charge in [-0.25, -0.2) is 0 Å². The van der Waals surface area contributed by atoms with E-state index in [2.05, 4.69) is 10.4 Å². The molecule has 5 nitrogen and oxygen atoms in total. The van der Waals surface area contributed by atoms with Crippen LogP contribution in [-0.4, -0.2) is 21.7 Å². The Labute approximate surface area is 136 Å². The van der Waals surface area contributed by atoms with E-state index < -0.39 is 0 Å². The number of rotatable bonds is 5. The average Bonchev–Trinajstić information content (AvgIpc) is 3.02. The van der Waals surface area contributed by atoms with E-state index in [4.69, 9.17) is 4.42 Å². The fourth-order valence-electron chi connectivity index (χ4n) is 3.70. The second-order valence-electron chi connectivity index (χ2n) is 6.92. The van der Waals surface area contributed by atoms with Crippen LogP contribution in [0.5, 0.6) is 0 Å².